The number of hydrogen-bond donors (Lipinski definition) is 1. The lowest BCUT2D eigenvalue weighted by Gasteiger charge is -2.11. The molecule has 0 radical (unpaired) electrons. The average molecular weight is 269 g/mol. The van der Waals surface area contributed by atoms with E-state index in [4.69, 9.17) is 0 Å². The number of halogens is 3. The molecule has 0 aromatic heterocycles. The first kappa shape index (κ1) is 15.3. The highest BCUT2D eigenvalue weighted by atomic mass is 19.4. The summed E-state index contributed by atoms with van der Waals surface area (Å²) in [5.74, 6) is 0. The van der Waals surface area contributed by atoms with Crippen molar-refractivity contribution in [1.29, 1.82) is 0 Å². The van der Waals surface area contributed by atoms with E-state index < -0.39 is 11.7 Å². The van der Waals surface area contributed by atoms with E-state index in [2.05, 4.69) is 5.32 Å². The predicted molar refractivity (Wildman–Crippen MR) is 73.0 cm³/mol. The Morgan fingerprint density at radius 3 is 2.53 bits per heavy atom. The van der Waals surface area contributed by atoms with Gasteiger partial charge >= 0.3 is 6.18 Å². The van der Waals surface area contributed by atoms with E-state index in [0.29, 0.717) is 5.70 Å². The average Bonchev–Trinajstić information content (AvgIpc) is 2.34. The van der Waals surface area contributed by atoms with Crippen LogP contribution in [0, 0.1) is 0 Å². The van der Waals surface area contributed by atoms with E-state index in [0.717, 1.165) is 29.8 Å². The Kier molecular flexibility index (Phi) is 5.21. The third-order valence-corrected chi connectivity index (χ3v) is 2.69. The summed E-state index contributed by atoms with van der Waals surface area (Å²) in [6.45, 7) is 5.03. The third-order valence-electron chi connectivity index (χ3n) is 2.69. The van der Waals surface area contributed by atoms with Crippen molar-refractivity contribution in [3.05, 3.63) is 53.3 Å². The van der Waals surface area contributed by atoms with E-state index >= 15 is 0 Å². The van der Waals surface area contributed by atoms with E-state index in [1.807, 2.05) is 31.2 Å². The smallest absolute Gasteiger partial charge is 0.359 e. The summed E-state index contributed by atoms with van der Waals surface area (Å²) < 4.78 is 37.8. The first-order valence-electron chi connectivity index (χ1n) is 6.14. The maximum absolute atomic E-state index is 12.6. The highest BCUT2D eigenvalue weighted by Gasteiger charge is 2.31. The molecule has 1 aromatic rings. The lowest BCUT2D eigenvalue weighted by Crippen LogP contribution is -2.11. The lowest BCUT2D eigenvalue weighted by atomic mass is 10.1. The fourth-order valence-corrected chi connectivity index (χ4v) is 1.69. The summed E-state index contributed by atoms with van der Waals surface area (Å²) in [6.07, 6.45) is -1.25. The fraction of sp³-hybridized carbons (Fsp3) is 0.333. The second-order valence-corrected chi connectivity index (χ2v) is 4.25. The van der Waals surface area contributed by atoms with Crippen molar-refractivity contribution in [3.63, 3.8) is 0 Å². The zero-order valence-corrected chi connectivity index (χ0v) is 11.3. The molecule has 1 rings (SSSR count). The molecule has 0 bridgehead atoms. The van der Waals surface area contributed by atoms with Crippen molar-refractivity contribution in [3.8, 4) is 0 Å². The molecule has 0 atom stereocenters. The fourth-order valence-electron chi connectivity index (χ4n) is 1.69. The summed E-state index contributed by atoms with van der Waals surface area (Å²) in [6, 6.07) is 7.63. The normalized spacial score (nSPS) is 13.6. The Hall–Kier alpha value is -1.71. The molecule has 0 saturated heterocycles. The van der Waals surface area contributed by atoms with Crippen LogP contribution < -0.4 is 5.32 Å². The van der Waals surface area contributed by atoms with Crippen molar-refractivity contribution in [2.45, 2.75) is 33.4 Å². The molecule has 0 aliphatic carbocycles. The second-order valence-electron chi connectivity index (χ2n) is 4.25. The van der Waals surface area contributed by atoms with Gasteiger partial charge in [0.15, 0.2) is 0 Å². The number of anilines is 1. The molecule has 0 aliphatic heterocycles. The predicted octanol–water partition coefficient (Wildman–Crippen LogP) is 5.07. The number of alkyl halides is 3. The first-order valence-corrected chi connectivity index (χ1v) is 6.14. The van der Waals surface area contributed by atoms with Crippen LogP contribution in [0.15, 0.2) is 47.7 Å². The molecule has 0 fully saturated rings. The summed E-state index contributed by atoms with van der Waals surface area (Å²) in [4.78, 5) is 0. The third kappa shape index (κ3) is 4.81. The number of allylic oxidation sites excluding steroid dienone is 4. The van der Waals surface area contributed by atoms with Crippen LogP contribution >= 0.6 is 0 Å². The Morgan fingerprint density at radius 1 is 1.32 bits per heavy atom. The van der Waals surface area contributed by atoms with Gasteiger partial charge in [0, 0.05) is 11.4 Å². The molecule has 0 saturated carbocycles. The molecule has 0 unspecified atom stereocenters. The summed E-state index contributed by atoms with van der Waals surface area (Å²) in [5.41, 5.74) is 1.74. The van der Waals surface area contributed by atoms with Gasteiger partial charge in [-0.2, -0.15) is 13.2 Å². The van der Waals surface area contributed by atoms with Gasteiger partial charge in [0.1, 0.15) is 0 Å². The van der Waals surface area contributed by atoms with Gasteiger partial charge in [-0.1, -0.05) is 25.1 Å². The number of rotatable bonds is 4. The van der Waals surface area contributed by atoms with Crippen LogP contribution in [-0.4, -0.2) is 6.18 Å². The molecule has 1 N–H and O–H groups in total. The standard InChI is InChI=1S/C15H18F3N/c1-4-12-7-6-8-14(10-12)19-11(3)9-13(5-2)15(16,17)18/h5-10,19H,4H2,1-3H3/b11-9-,13-5-. The van der Waals surface area contributed by atoms with Gasteiger partial charge in [-0.25, -0.2) is 0 Å². The molecular formula is C15H18F3N. The topological polar surface area (TPSA) is 12.0 Å². The SMILES string of the molecule is C/C=C(/C=C(/C)Nc1cccc(CC)c1)C(F)(F)F. The monoisotopic (exact) mass is 269 g/mol. The number of hydrogen-bond acceptors (Lipinski definition) is 1. The summed E-state index contributed by atoms with van der Waals surface area (Å²) in [5, 5.41) is 2.97. The van der Waals surface area contributed by atoms with Gasteiger partial charge in [0.2, 0.25) is 0 Å². The van der Waals surface area contributed by atoms with Crippen LogP contribution in [0.25, 0.3) is 0 Å². The summed E-state index contributed by atoms with van der Waals surface area (Å²) in [7, 11) is 0. The van der Waals surface area contributed by atoms with Crippen LogP contribution in [0.5, 0.6) is 0 Å². The highest BCUT2D eigenvalue weighted by molar-refractivity contribution is 5.51. The van der Waals surface area contributed by atoms with Crippen LogP contribution in [0.1, 0.15) is 26.3 Å². The van der Waals surface area contributed by atoms with Gasteiger partial charge in [-0.05, 0) is 44.0 Å². The van der Waals surface area contributed by atoms with Crippen molar-refractivity contribution >= 4 is 5.69 Å². The van der Waals surface area contributed by atoms with Crippen LogP contribution in [0.2, 0.25) is 0 Å². The minimum Gasteiger partial charge on any atom is -0.359 e. The Balaban J connectivity index is 2.86. The Labute approximate surface area is 111 Å². The zero-order valence-electron chi connectivity index (χ0n) is 11.3. The summed E-state index contributed by atoms with van der Waals surface area (Å²) >= 11 is 0. The molecule has 0 heterocycles. The largest absolute Gasteiger partial charge is 0.416 e. The van der Waals surface area contributed by atoms with Crippen LogP contribution in [0.3, 0.4) is 0 Å². The molecule has 1 nitrogen and oxygen atoms in total. The molecule has 0 spiro atoms. The highest BCUT2D eigenvalue weighted by Crippen LogP contribution is 2.27. The minimum absolute atomic E-state index is 0.457. The lowest BCUT2D eigenvalue weighted by molar-refractivity contribution is -0.0883. The van der Waals surface area contributed by atoms with Crippen molar-refractivity contribution < 1.29 is 13.2 Å². The molecule has 4 heteroatoms. The molecule has 0 aliphatic rings. The maximum Gasteiger partial charge on any atom is 0.416 e. The van der Waals surface area contributed by atoms with Gasteiger partial charge in [0.05, 0.1) is 5.57 Å². The van der Waals surface area contributed by atoms with E-state index in [-0.39, 0.29) is 0 Å². The quantitative estimate of drug-likeness (QED) is 0.752. The van der Waals surface area contributed by atoms with Gasteiger partial charge in [0.25, 0.3) is 0 Å². The number of aryl methyl sites for hydroxylation is 1. The van der Waals surface area contributed by atoms with Crippen molar-refractivity contribution in [2.24, 2.45) is 0 Å². The molecule has 104 valence electrons. The first-order chi connectivity index (χ1) is 8.86. The number of benzene rings is 1. The number of nitrogens with one attached hydrogen (secondary N) is 1. The molecule has 0 amide bonds. The van der Waals surface area contributed by atoms with E-state index in [9.17, 15) is 13.2 Å². The van der Waals surface area contributed by atoms with E-state index in [1.165, 1.54) is 6.92 Å². The van der Waals surface area contributed by atoms with Crippen LogP contribution in [0.4, 0.5) is 18.9 Å². The minimum atomic E-state index is -4.32. The molecule has 1 aromatic carbocycles. The van der Waals surface area contributed by atoms with Crippen molar-refractivity contribution in [1.82, 2.24) is 0 Å². The second kappa shape index (κ2) is 6.45. The van der Waals surface area contributed by atoms with Crippen molar-refractivity contribution in [2.75, 3.05) is 5.32 Å². The van der Waals surface area contributed by atoms with E-state index in [1.54, 1.807) is 6.92 Å². The van der Waals surface area contributed by atoms with Gasteiger partial charge < -0.3 is 5.32 Å². The molecule has 19 heavy (non-hydrogen) atoms. The van der Waals surface area contributed by atoms with Gasteiger partial charge in [-0.15, -0.1) is 0 Å². The Morgan fingerprint density at radius 2 is 2.00 bits per heavy atom. The molecular weight excluding hydrogens is 251 g/mol. The zero-order chi connectivity index (χ0) is 14.5. The van der Waals surface area contributed by atoms with Gasteiger partial charge in [-0.3, -0.25) is 0 Å². The Bertz CT molecular complexity index is 484. The maximum atomic E-state index is 12.6. The van der Waals surface area contributed by atoms with Crippen LogP contribution in [-0.2, 0) is 6.42 Å².